The molecule has 0 radical (unpaired) electrons. The lowest BCUT2D eigenvalue weighted by atomic mass is 10.0. The molecule has 0 fully saturated rings. The maximum atomic E-state index is 12.2. The predicted octanol–water partition coefficient (Wildman–Crippen LogP) is 1.77. The molecule has 0 unspecified atom stereocenters. The lowest BCUT2D eigenvalue weighted by Crippen LogP contribution is -2.41. The van der Waals surface area contributed by atoms with Crippen molar-refractivity contribution < 1.29 is 22.7 Å². The topological polar surface area (TPSA) is 81.9 Å². The van der Waals surface area contributed by atoms with E-state index in [1.807, 2.05) is 0 Å². The number of hydrogen-bond donors (Lipinski definition) is 1. The number of aryl methyl sites for hydroxylation is 1. The van der Waals surface area contributed by atoms with Crippen LogP contribution in [0.25, 0.3) is 0 Å². The van der Waals surface area contributed by atoms with Gasteiger partial charge in [0.05, 0.1) is 23.5 Å². The zero-order valence-corrected chi connectivity index (χ0v) is 12.5. The van der Waals surface area contributed by atoms with Crippen molar-refractivity contribution in [3.8, 4) is 5.75 Å². The van der Waals surface area contributed by atoms with E-state index in [1.54, 1.807) is 27.1 Å². The smallest absolute Gasteiger partial charge is 0.404 e. The number of rotatable bonds is 4. The first kappa shape index (κ1) is 16.7. The fourth-order valence-corrected chi connectivity index (χ4v) is 1.79. The first-order valence-corrected chi connectivity index (χ1v) is 6.47. The zero-order valence-electron chi connectivity index (χ0n) is 12.5. The van der Waals surface area contributed by atoms with Crippen molar-refractivity contribution in [3.63, 3.8) is 0 Å². The van der Waals surface area contributed by atoms with E-state index in [0.717, 1.165) is 18.5 Å². The molecule has 2 aromatic heterocycles. The van der Waals surface area contributed by atoms with Gasteiger partial charge in [0.1, 0.15) is 11.4 Å². The molecule has 0 saturated heterocycles. The van der Waals surface area contributed by atoms with Crippen LogP contribution < -0.4 is 10.1 Å². The summed E-state index contributed by atoms with van der Waals surface area (Å²) < 4.78 is 41.8. The van der Waals surface area contributed by atoms with Crippen molar-refractivity contribution in [1.29, 1.82) is 0 Å². The van der Waals surface area contributed by atoms with Crippen molar-refractivity contribution in [2.75, 3.05) is 0 Å². The molecule has 0 aliphatic rings. The third-order valence-electron chi connectivity index (χ3n) is 2.88. The van der Waals surface area contributed by atoms with Crippen LogP contribution in [0.15, 0.2) is 24.7 Å². The molecule has 10 heteroatoms. The van der Waals surface area contributed by atoms with Gasteiger partial charge in [-0.1, -0.05) is 5.21 Å². The van der Waals surface area contributed by atoms with Crippen LogP contribution in [-0.4, -0.2) is 32.2 Å². The Labute approximate surface area is 129 Å². The van der Waals surface area contributed by atoms with Gasteiger partial charge in [0.25, 0.3) is 5.91 Å². The normalized spacial score (nSPS) is 12.1. The van der Waals surface area contributed by atoms with E-state index < -0.39 is 23.6 Å². The molecule has 1 N–H and O–H groups in total. The molecule has 0 saturated carbocycles. The van der Waals surface area contributed by atoms with E-state index in [1.165, 1.54) is 4.68 Å². The fraction of sp³-hybridized carbons (Fsp3) is 0.385. The average Bonchev–Trinajstić information content (AvgIpc) is 2.84. The van der Waals surface area contributed by atoms with E-state index in [-0.39, 0.29) is 5.56 Å². The van der Waals surface area contributed by atoms with Gasteiger partial charge < -0.3 is 10.1 Å². The molecular weight excluding hydrogens is 315 g/mol. The highest BCUT2D eigenvalue weighted by atomic mass is 19.4. The van der Waals surface area contributed by atoms with Gasteiger partial charge in [-0.2, -0.15) is 0 Å². The third kappa shape index (κ3) is 4.41. The second-order valence-corrected chi connectivity index (χ2v) is 5.31. The highest BCUT2D eigenvalue weighted by Gasteiger charge is 2.32. The maximum Gasteiger partial charge on any atom is 0.573 e. The van der Waals surface area contributed by atoms with Gasteiger partial charge in [-0.15, -0.1) is 18.3 Å². The number of halogens is 3. The summed E-state index contributed by atoms with van der Waals surface area (Å²) in [4.78, 5) is 15.8. The first-order chi connectivity index (χ1) is 10.6. The maximum absolute atomic E-state index is 12.2. The SMILES string of the molecule is Cn1cc(C(C)(C)NC(=O)c2cncc(OC(F)(F)F)c2)nn1. The number of nitrogens with zero attached hydrogens (tertiary/aromatic N) is 4. The number of ether oxygens (including phenoxy) is 1. The minimum atomic E-state index is -4.85. The Morgan fingerprint density at radius 2 is 2.00 bits per heavy atom. The molecule has 0 bridgehead atoms. The molecule has 124 valence electrons. The molecule has 0 aliphatic heterocycles. The third-order valence-corrected chi connectivity index (χ3v) is 2.88. The molecule has 0 atom stereocenters. The van der Waals surface area contributed by atoms with Gasteiger partial charge in [-0.25, -0.2) is 0 Å². The van der Waals surface area contributed by atoms with Gasteiger partial charge in [-0.3, -0.25) is 14.5 Å². The molecule has 2 aromatic rings. The summed E-state index contributed by atoms with van der Waals surface area (Å²) in [5, 5.41) is 10.3. The lowest BCUT2D eigenvalue weighted by molar-refractivity contribution is -0.274. The Morgan fingerprint density at radius 3 is 2.57 bits per heavy atom. The zero-order chi connectivity index (χ0) is 17.3. The summed E-state index contributed by atoms with van der Waals surface area (Å²) in [6.45, 7) is 3.39. The summed E-state index contributed by atoms with van der Waals surface area (Å²) in [5.41, 5.74) is -0.431. The Balaban J connectivity index is 2.16. The number of carbonyl (C=O) groups is 1. The van der Waals surface area contributed by atoms with Gasteiger partial charge in [0.15, 0.2) is 0 Å². The Bertz CT molecular complexity index is 712. The Morgan fingerprint density at radius 1 is 1.30 bits per heavy atom. The summed E-state index contributed by atoms with van der Waals surface area (Å²) in [6, 6.07) is 0.961. The number of amides is 1. The predicted molar refractivity (Wildman–Crippen MR) is 72.4 cm³/mol. The van der Waals surface area contributed by atoms with Crippen LogP contribution in [0.1, 0.15) is 29.9 Å². The Hall–Kier alpha value is -2.65. The lowest BCUT2D eigenvalue weighted by Gasteiger charge is -2.23. The summed E-state index contributed by atoms with van der Waals surface area (Å²) in [7, 11) is 1.68. The van der Waals surface area contributed by atoms with E-state index in [4.69, 9.17) is 0 Å². The first-order valence-electron chi connectivity index (χ1n) is 6.47. The van der Waals surface area contributed by atoms with Crippen molar-refractivity contribution in [2.45, 2.75) is 25.7 Å². The molecule has 1 amide bonds. The molecule has 2 heterocycles. The van der Waals surface area contributed by atoms with Crippen molar-refractivity contribution in [1.82, 2.24) is 25.3 Å². The summed E-state index contributed by atoms with van der Waals surface area (Å²) in [6.07, 6.45) is -1.21. The molecule has 23 heavy (non-hydrogen) atoms. The van der Waals surface area contributed by atoms with Crippen LogP contribution in [0, 0.1) is 0 Å². The van der Waals surface area contributed by atoms with E-state index in [2.05, 4.69) is 25.3 Å². The van der Waals surface area contributed by atoms with Gasteiger partial charge >= 0.3 is 6.36 Å². The molecule has 0 spiro atoms. The average molecular weight is 329 g/mol. The molecule has 7 nitrogen and oxygen atoms in total. The number of nitrogens with one attached hydrogen (secondary N) is 1. The second-order valence-electron chi connectivity index (χ2n) is 5.31. The van der Waals surface area contributed by atoms with Crippen molar-refractivity contribution in [3.05, 3.63) is 35.9 Å². The van der Waals surface area contributed by atoms with Gasteiger partial charge in [0.2, 0.25) is 0 Å². The highest BCUT2D eigenvalue weighted by molar-refractivity contribution is 5.94. The number of alkyl halides is 3. The Kier molecular flexibility index (Phi) is 4.26. The van der Waals surface area contributed by atoms with Gasteiger partial charge in [0, 0.05) is 13.2 Å². The summed E-state index contributed by atoms with van der Waals surface area (Å²) in [5.74, 6) is -1.18. The largest absolute Gasteiger partial charge is 0.573 e. The van der Waals surface area contributed by atoms with E-state index in [9.17, 15) is 18.0 Å². The van der Waals surface area contributed by atoms with Crippen LogP contribution in [0.3, 0.4) is 0 Å². The molecular formula is C13H14F3N5O2. The van der Waals surface area contributed by atoms with Crippen molar-refractivity contribution >= 4 is 5.91 Å². The van der Waals surface area contributed by atoms with Gasteiger partial charge in [-0.05, 0) is 19.9 Å². The van der Waals surface area contributed by atoms with Crippen LogP contribution >= 0.6 is 0 Å². The van der Waals surface area contributed by atoms with Crippen LogP contribution in [0.2, 0.25) is 0 Å². The van der Waals surface area contributed by atoms with Crippen LogP contribution in [0.4, 0.5) is 13.2 Å². The number of aromatic nitrogens is 4. The monoisotopic (exact) mass is 329 g/mol. The minimum Gasteiger partial charge on any atom is -0.404 e. The summed E-state index contributed by atoms with van der Waals surface area (Å²) >= 11 is 0. The standard InChI is InChI=1S/C13H14F3N5O2/c1-12(2,10-7-21(3)20-19-10)18-11(22)8-4-9(6-17-5-8)23-13(14,15)16/h4-7H,1-3H3,(H,18,22). The molecule has 0 aromatic carbocycles. The number of hydrogen-bond acceptors (Lipinski definition) is 5. The van der Waals surface area contributed by atoms with E-state index >= 15 is 0 Å². The van der Waals surface area contributed by atoms with Crippen LogP contribution in [-0.2, 0) is 12.6 Å². The van der Waals surface area contributed by atoms with E-state index in [0.29, 0.717) is 5.69 Å². The number of carbonyl (C=O) groups excluding carboxylic acids is 1. The highest BCUT2D eigenvalue weighted by Crippen LogP contribution is 2.23. The molecule has 0 aliphatic carbocycles. The quantitative estimate of drug-likeness (QED) is 0.924. The van der Waals surface area contributed by atoms with Crippen molar-refractivity contribution in [2.24, 2.45) is 7.05 Å². The minimum absolute atomic E-state index is 0.0660. The number of pyridine rings is 1. The second kappa shape index (κ2) is 5.86. The fourth-order valence-electron chi connectivity index (χ4n) is 1.79. The van der Waals surface area contributed by atoms with Crippen LogP contribution in [0.5, 0.6) is 5.75 Å². The molecule has 2 rings (SSSR count).